The van der Waals surface area contributed by atoms with Gasteiger partial charge in [-0.15, -0.1) is 0 Å². The van der Waals surface area contributed by atoms with Crippen LogP contribution in [0, 0.1) is 0 Å². The van der Waals surface area contributed by atoms with Gasteiger partial charge in [-0.25, -0.2) is 0 Å². The second-order valence-corrected chi connectivity index (χ2v) is 4.75. The Morgan fingerprint density at radius 2 is 1.62 bits per heavy atom. The lowest BCUT2D eigenvalue weighted by Gasteiger charge is -2.15. The number of alkyl halides is 3. The van der Waals surface area contributed by atoms with Crippen LogP contribution < -0.4 is 10.5 Å². The van der Waals surface area contributed by atoms with Crippen LogP contribution in [0.5, 0.6) is 11.5 Å². The van der Waals surface area contributed by atoms with E-state index in [1.807, 2.05) is 18.2 Å². The second kappa shape index (κ2) is 6.63. The summed E-state index contributed by atoms with van der Waals surface area (Å²) in [5.41, 5.74) is 6.44. The summed E-state index contributed by atoms with van der Waals surface area (Å²) in [6.07, 6.45) is -5.22. The average Bonchev–Trinajstić information content (AvgIpc) is 2.45. The number of nitrogens with two attached hydrogens (primary N) is 1. The van der Waals surface area contributed by atoms with Crippen molar-refractivity contribution in [1.29, 1.82) is 0 Å². The molecule has 0 radical (unpaired) electrons. The quantitative estimate of drug-likeness (QED) is 0.858. The van der Waals surface area contributed by atoms with Crippen molar-refractivity contribution >= 4 is 0 Å². The highest BCUT2D eigenvalue weighted by atomic mass is 19.4. The third-order valence-corrected chi connectivity index (χ3v) is 3.00. The van der Waals surface area contributed by atoms with Crippen LogP contribution in [0.4, 0.5) is 13.2 Å². The van der Waals surface area contributed by atoms with Crippen molar-refractivity contribution in [1.82, 2.24) is 0 Å². The van der Waals surface area contributed by atoms with Crippen LogP contribution in [0.2, 0.25) is 0 Å². The highest BCUT2D eigenvalue weighted by Crippen LogP contribution is 2.29. The van der Waals surface area contributed by atoms with E-state index in [-0.39, 0.29) is 6.42 Å². The normalized spacial score (nSPS) is 13.0. The van der Waals surface area contributed by atoms with Crippen molar-refractivity contribution in [3.8, 4) is 11.5 Å². The highest BCUT2D eigenvalue weighted by molar-refractivity contribution is 5.34. The maximum absolute atomic E-state index is 12.2. The second-order valence-electron chi connectivity index (χ2n) is 4.75. The molecule has 0 bridgehead atoms. The molecule has 1 atom stereocenters. The first-order chi connectivity index (χ1) is 9.94. The van der Waals surface area contributed by atoms with E-state index < -0.39 is 18.6 Å². The molecule has 112 valence electrons. The van der Waals surface area contributed by atoms with Crippen LogP contribution in [0.1, 0.15) is 24.4 Å². The Labute approximate surface area is 121 Å². The van der Waals surface area contributed by atoms with Gasteiger partial charge in [0.05, 0.1) is 0 Å². The van der Waals surface area contributed by atoms with Gasteiger partial charge in [-0.3, -0.25) is 0 Å². The summed E-state index contributed by atoms with van der Waals surface area (Å²) in [7, 11) is 0. The number of hydrogen-bond acceptors (Lipinski definition) is 2. The molecule has 0 saturated carbocycles. The Morgan fingerprint density at radius 1 is 0.952 bits per heavy atom. The molecule has 0 aliphatic carbocycles. The zero-order valence-corrected chi connectivity index (χ0v) is 11.3. The van der Waals surface area contributed by atoms with Crippen LogP contribution in [0.15, 0.2) is 54.6 Å². The van der Waals surface area contributed by atoms with E-state index in [9.17, 15) is 13.2 Å². The van der Waals surface area contributed by atoms with Gasteiger partial charge >= 0.3 is 6.18 Å². The molecule has 0 amide bonds. The number of halogens is 3. The van der Waals surface area contributed by atoms with Crippen molar-refractivity contribution in [3.05, 3.63) is 60.2 Å². The molecule has 0 aromatic heterocycles. The van der Waals surface area contributed by atoms with Crippen molar-refractivity contribution in [2.45, 2.75) is 25.1 Å². The van der Waals surface area contributed by atoms with Gasteiger partial charge in [-0.1, -0.05) is 30.3 Å². The summed E-state index contributed by atoms with van der Waals surface area (Å²) in [6.45, 7) is 0. The largest absolute Gasteiger partial charge is 0.457 e. The third kappa shape index (κ3) is 5.11. The number of para-hydroxylation sites is 1. The van der Waals surface area contributed by atoms with Crippen LogP contribution in [0.25, 0.3) is 0 Å². The van der Waals surface area contributed by atoms with E-state index in [1.165, 1.54) is 0 Å². The van der Waals surface area contributed by atoms with Crippen LogP contribution in [-0.4, -0.2) is 6.18 Å². The Hall–Kier alpha value is -2.01. The van der Waals surface area contributed by atoms with Crippen molar-refractivity contribution in [3.63, 3.8) is 0 Å². The minimum atomic E-state index is -4.18. The molecule has 0 heterocycles. The smallest absolute Gasteiger partial charge is 0.389 e. The summed E-state index contributed by atoms with van der Waals surface area (Å²) in [4.78, 5) is 0. The zero-order valence-electron chi connectivity index (χ0n) is 11.3. The van der Waals surface area contributed by atoms with Gasteiger partial charge in [0, 0.05) is 12.5 Å². The third-order valence-electron chi connectivity index (χ3n) is 3.00. The molecule has 2 nitrogen and oxygen atoms in total. The van der Waals surface area contributed by atoms with Gasteiger partial charge in [-0.2, -0.15) is 13.2 Å². The monoisotopic (exact) mass is 295 g/mol. The van der Waals surface area contributed by atoms with Gasteiger partial charge in [0.1, 0.15) is 11.5 Å². The lowest BCUT2D eigenvalue weighted by molar-refractivity contribution is -0.136. The van der Waals surface area contributed by atoms with E-state index in [1.54, 1.807) is 36.4 Å². The van der Waals surface area contributed by atoms with Gasteiger partial charge in [-0.05, 0) is 36.2 Å². The van der Waals surface area contributed by atoms with E-state index in [4.69, 9.17) is 10.5 Å². The molecular weight excluding hydrogens is 279 g/mol. The molecule has 2 N–H and O–H groups in total. The lowest BCUT2D eigenvalue weighted by Crippen LogP contribution is -2.15. The molecule has 0 aliphatic heterocycles. The molecule has 0 saturated heterocycles. The molecular formula is C16H16F3NO. The average molecular weight is 295 g/mol. The van der Waals surface area contributed by atoms with Gasteiger partial charge in [0.2, 0.25) is 0 Å². The first-order valence-corrected chi connectivity index (χ1v) is 6.59. The summed E-state index contributed by atoms with van der Waals surface area (Å²) in [5.74, 6) is 1.22. The Morgan fingerprint density at radius 3 is 2.29 bits per heavy atom. The molecule has 0 unspecified atom stereocenters. The van der Waals surface area contributed by atoms with Crippen LogP contribution >= 0.6 is 0 Å². The van der Waals surface area contributed by atoms with Crippen molar-refractivity contribution in [2.75, 3.05) is 0 Å². The number of hydrogen-bond donors (Lipinski definition) is 1. The molecule has 5 heteroatoms. The van der Waals surface area contributed by atoms with E-state index in [2.05, 4.69) is 0 Å². The van der Waals surface area contributed by atoms with Crippen LogP contribution in [-0.2, 0) is 0 Å². The summed E-state index contributed by atoms with van der Waals surface area (Å²) < 4.78 is 42.3. The maximum Gasteiger partial charge on any atom is 0.389 e. The van der Waals surface area contributed by atoms with E-state index in [0.29, 0.717) is 17.1 Å². The van der Waals surface area contributed by atoms with E-state index in [0.717, 1.165) is 0 Å². The van der Waals surface area contributed by atoms with Crippen molar-refractivity contribution in [2.24, 2.45) is 5.73 Å². The zero-order chi connectivity index (χ0) is 15.3. The van der Waals surface area contributed by atoms with Gasteiger partial charge in [0.15, 0.2) is 0 Å². The summed E-state index contributed by atoms with van der Waals surface area (Å²) in [5, 5.41) is 0. The number of ether oxygens (including phenoxy) is 1. The molecule has 0 aliphatic rings. The molecule has 2 rings (SSSR count). The lowest BCUT2D eigenvalue weighted by atomic mass is 10.0. The predicted octanol–water partition coefficient (Wildman–Crippen LogP) is 4.82. The Kier molecular flexibility index (Phi) is 4.85. The summed E-state index contributed by atoms with van der Waals surface area (Å²) >= 11 is 0. The van der Waals surface area contributed by atoms with E-state index >= 15 is 0 Å². The molecule has 2 aromatic rings. The maximum atomic E-state index is 12.2. The predicted molar refractivity (Wildman–Crippen MR) is 75.2 cm³/mol. The Bertz CT molecular complexity index is 569. The molecule has 0 fully saturated rings. The van der Waals surface area contributed by atoms with Crippen molar-refractivity contribution < 1.29 is 17.9 Å². The summed E-state index contributed by atoms with van der Waals surface area (Å²) in [6, 6.07) is 15.3. The molecule has 2 aromatic carbocycles. The van der Waals surface area contributed by atoms with Gasteiger partial charge < -0.3 is 10.5 Å². The van der Waals surface area contributed by atoms with Gasteiger partial charge in [0.25, 0.3) is 0 Å². The fraction of sp³-hybridized carbons (Fsp3) is 0.250. The first-order valence-electron chi connectivity index (χ1n) is 6.59. The molecule has 0 spiro atoms. The Balaban J connectivity index is 2.03. The highest BCUT2D eigenvalue weighted by Gasteiger charge is 2.27. The minimum absolute atomic E-state index is 0.141. The number of rotatable bonds is 5. The topological polar surface area (TPSA) is 35.2 Å². The van der Waals surface area contributed by atoms with Crippen LogP contribution in [0.3, 0.4) is 0 Å². The fourth-order valence-corrected chi connectivity index (χ4v) is 1.92. The standard InChI is InChI=1S/C16H16F3NO/c17-16(18,19)10-9-15(20)12-5-4-8-14(11-12)21-13-6-2-1-3-7-13/h1-8,11,15H,9-10,20H2/t15-/m0/s1. The minimum Gasteiger partial charge on any atom is -0.457 e. The number of benzene rings is 2. The molecule has 21 heavy (non-hydrogen) atoms. The SMILES string of the molecule is N[C@@H](CCC(F)(F)F)c1cccc(Oc2ccccc2)c1. The first kappa shape index (κ1) is 15.4. The fourth-order valence-electron chi connectivity index (χ4n) is 1.92.